The fourth-order valence-corrected chi connectivity index (χ4v) is 3.54. The van der Waals surface area contributed by atoms with Gasteiger partial charge in [0.25, 0.3) is 0 Å². The van der Waals surface area contributed by atoms with Crippen molar-refractivity contribution in [3.63, 3.8) is 0 Å². The van der Waals surface area contributed by atoms with Gasteiger partial charge in [-0.3, -0.25) is 0 Å². The van der Waals surface area contributed by atoms with Gasteiger partial charge in [0.15, 0.2) is 0 Å². The van der Waals surface area contributed by atoms with Crippen molar-refractivity contribution in [2.24, 2.45) is 0 Å². The summed E-state index contributed by atoms with van der Waals surface area (Å²) in [4.78, 5) is 0. The van der Waals surface area contributed by atoms with E-state index in [1.807, 2.05) is 0 Å². The van der Waals surface area contributed by atoms with Gasteiger partial charge in [0.1, 0.15) is 18.0 Å². The average molecular weight is 387 g/mol. The monoisotopic (exact) mass is 386 g/mol. The lowest BCUT2D eigenvalue weighted by Gasteiger charge is -2.09. The highest BCUT2D eigenvalue weighted by Crippen LogP contribution is 2.27. The molecule has 0 saturated carbocycles. The molecule has 1 saturated heterocycles. The molecule has 1 aliphatic heterocycles. The van der Waals surface area contributed by atoms with Gasteiger partial charge in [-0.05, 0) is 57.2 Å². The Hall–Kier alpha value is -1.28. The van der Waals surface area contributed by atoms with Crippen LogP contribution in [0.4, 0.5) is 0 Å². The minimum Gasteiger partial charge on any atom is -0.491 e. The fraction of sp³-hybridized carbons (Fsp3) is 0.692. The van der Waals surface area contributed by atoms with Crippen LogP contribution in [0, 0.1) is 0 Å². The third-order valence-electron chi connectivity index (χ3n) is 5.68. The van der Waals surface area contributed by atoms with E-state index in [0.717, 1.165) is 12.4 Å². The van der Waals surface area contributed by atoms with Crippen LogP contribution >= 0.6 is 0 Å². The number of hydrogen-bond acceptors (Lipinski definition) is 2. The van der Waals surface area contributed by atoms with Gasteiger partial charge in [-0.2, -0.15) is 0 Å². The summed E-state index contributed by atoms with van der Waals surface area (Å²) in [5.41, 5.74) is 1.39. The second kappa shape index (κ2) is 13.8. The van der Waals surface area contributed by atoms with Crippen molar-refractivity contribution < 1.29 is 9.47 Å². The summed E-state index contributed by atoms with van der Waals surface area (Å²) in [5.74, 6) is 0.957. The van der Waals surface area contributed by atoms with Gasteiger partial charge in [-0.25, -0.2) is 0 Å². The van der Waals surface area contributed by atoms with Crippen molar-refractivity contribution in [3.05, 3.63) is 42.0 Å². The van der Waals surface area contributed by atoms with E-state index < -0.39 is 0 Å². The standard InChI is InChI=1S/C26H42O2/c1-3-4-5-6-7-8-9-10-11-12-13-14-15-16-17-24-18-20-25(21-19-24)27-22-26(2)23-28-26/h3-4,18-21H,5-17,22-23H2,1-2H3/b4-3+. The Morgan fingerprint density at radius 1 is 0.857 bits per heavy atom. The second-order valence-corrected chi connectivity index (χ2v) is 8.67. The molecule has 1 atom stereocenters. The van der Waals surface area contributed by atoms with Crippen molar-refractivity contribution in [1.82, 2.24) is 0 Å². The number of rotatable bonds is 17. The molecule has 1 unspecified atom stereocenters. The Morgan fingerprint density at radius 3 is 1.93 bits per heavy atom. The molecule has 1 aliphatic rings. The number of unbranched alkanes of at least 4 members (excludes halogenated alkanes) is 11. The Kier molecular flexibility index (Phi) is 11.4. The van der Waals surface area contributed by atoms with Crippen molar-refractivity contribution in [1.29, 1.82) is 0 Å². The van der Waals surface area contributed by atoms with Crippen LogP contribution in [0.5, 0.6) is 5.75 Å². The van der Waals surface area contributed by atoms with Gasteiger partial charge >= 0.3 is 0 Å². The maximum atomic E-state index is 5.79. The molecule has 0 amide bonds. The molecule has 0 radical (unpaired) electrons. The van der Waals surface area contributed by atoms with E-state index in [4.69, 9.17) is 9.47 Å². The highest BCUT2D eigenvalue weighted by Gasteiger charge is 2.40. The fourth-order valence-electron chi connectivity index (χ4n) is 3.54. The first kappa shape index (κ1) is 23.0. The summed E-state index contributed by atoms with van der Waals surface area (Å²) < 4.78 is 11.1. The van der Waals surface area contributed by atoms with E-state index in [-0.39, 0.29) is 5.60 Å². The zero-order chi connectivity index (χ0) is 19.9. The van der Waals surface area contributed by atoms with Gasteiger partial charge < -0.3 is 9.47 Å². The number of allylic oxidation sites excluding steroid dienone is 2. The highest BCUT2D eigenvalue weighted by molar-refractivity contribution is 5.27. The molecule has 0 bridgehead atoms. The number of epoxide rings is 1. The topological polar surface area (TPSA) is 21.8 Å². The molecule has 0 spiro atoms. The number of ether oxygens (including phenoxy) is 2. The molecule has 158 valence electrons. The maximum Gasteiger partial charge on any atom is 0.123 e. The molecule has 0 aliphatic carbocycles. The second-order valence-electron chi connectivity index (χ2n) is 8.67. The van der Waals surface area contributed by atoms with E-state index in [2.05, 4.69) is 50.3 Å². The number of hydrogen-bond donors (Lipinski definition) is 0. The third kappa shape index (κ3) is 10.9. The van der Waals surface area contributed by atoms with E-state index in [1.54, 1.807) is 0 Å². The number of aryl methyl sites for hydroxylation is 1. The van der Waals surface area contributed by atoms with Gasteiger partial charge in [0, 0.05) is 0 Å². The van der Waals surface area contributed by atoms with Crippen molar-refractivity contribution in [3.8, 4) is 5.75 Å². The van der Waals surface area contributed by atoms with Crippen molar-refractivity contribution in [2.45, 2.75) is 103 Å². The Labute approximate surface area is 173 Å². The minimum absolute atomic E-state index is 0.0370. The van der Waals surface area contributed by atoms with Gasteiger partial charge in [-0.15, -0.1) is 0 Å². The summed E-state index contributed by atoms with van der Waals surface area (Å²) in [7, 11) is 0. The molecule has 28 heavy (non-hydrogen) atoms. The zero-order valence-electron chi connectivity index (χ0n) is 18.4. The lowest BCUT2D eigenvalue weighted by Crippen LogP contribution is -2.16. The predicted octanol–water partition coefficient (Wildman–Crippen LogP) is 7.65. The Balaban J connectivity index is 1.36. The molecule has 0 N–H and O–H groups in total. The molecule has 2 heteroatoms. The normalized spacial score (nSPS) is 18.6. The van der Waals surface area contributed by atoms with Crippen LogP contribution in [0.2, 0.25) is 0 Å². The smallest absolute Gasteiger partial charge is 0.123 e. The maximum absolute atomic E-state index is 5.79. The van der Waals surface area contributed by atoms with Crippen LogP contribution in [0.3, 0.4) is 0 Å². The first-order valence-electron chi connectivity index (χ1n) is 11.7. The largest absolute Gasteiger partial charge is 0.491 e. The summed E-state index contributed by atoms with van der Waals surface area (Å²) >= 11 is 0. The van der Waals surface area contributed by atoms with Crippen LogP contribution in [0.1, 0.15) is 96.5 Å². The molecule has 1 aromatic carbocycles. The molecule has 0 aromatic heterocycles. The van der Waals surface area contributed by atoms with Gasteiger partial charge in [0.05, 0.1) is 6.61 Å². The highest BCUT2D eigenvalue weighted by atomic mass is 16.6. The van der Waals surface area contributed by atoms with Gasteiger partial charge in [0.2, 0.25) is 0 Å². The van der Waals surface area contributed by atoms with E-state index >= 15 is 0 Å². The number of benzene rings is 1. The SMILES string of the molecule is C/C=C/CCCCCCCCCCCCCc1ccc(OCC2(C)CO2)cc1. The molecule has 1 aromatic rings. The molecular weight excluding hydrogens is 344 g/mol. The quantitative estimate of drug-likeness (QED) is 0.156. The van der Waals surface area contributed by atoms with Gasteiger partial charge in [-0.1, -0.05) is 82.1 Å². The lowest BCUT2D eigenvalue weighted by atomic mass is 10.0. The molecular formula is C26H42O2. The first-order chi connectivity index (χ1) is 13.7. The van der Waals surface area contributed by atoms with Crippen LogP contribution < -0.4 is 4.74 Å². The third-order valence-corrected chi connectivity index (χ3v) is 5.68. The summed E-state index contributed by atoms with van der Waals surface area (Å²) in [6.45, 7) is 5.68. The van der Waals surface area contributed by atoms with Crippen molar-refractivity contribution >= 4 is 0 Å². The molecule has 2 nitrogen and oxygen atoms in total. The molecule has 2 rings (SSSR count). The summed E-state index contributed by atoms with van der Waals surface area (Å²) in [6.07, 6.45) is 22.3. The van der Waals surface area contributed by atoms with E-state index in [1.165, 1.54) is 89.0 Å². The summed E-state index contributed by atoms with van der Waals surface area (Å²) in [6, 6.07) is 8.62. The van der Waals surface area contributed by atoms with Crippen LogP contribution in [0.25, 0.3) is 0 Å². The summed E-state index contributed by atoms with van der Waals surface area (Å²) in [5, 5.41) is 0. The zero-order valence-corrected chi connectivity index (χ0v) is 18.4. The minimum atomic E-state index is -0.0370. The first-order valence-corrected chi connectivity index (χ1v) is 11.7. The van der Waals surface area contributed by atoms with Crippen molar-refractivity contribution in [2.75, 3.05) is 13.2 Å². The Morgan fingerprint density at radius 2 is 1.39 bits per heavy atom. The average Bonchev–Trinajstić information content (AvgIpc) is 3.45. The Bertz CT molecular complexity index is 528. The molecule has 1 heterocycles. The van der Waals surface area contributed by atoms with Crippen LogP contribution in [-0.4, -0.2) is 18.8 Å². The van der Waals surface area contributed by atoms with Crippen LogP contribution in [0.15, 0.2) is 36.4 Å². The predicted molar refractivity (Wildman–Crippen MR) is 120 cm³/mol. The van der Waals surface area contributed by atoms with Crippen LogP contribution in [-0.2, 0) is 11.2 Å². The molecule has 1 fully saturated rings. The lowest BCUT2D eigenvalue weighted by molar-refractivity contribution is 0.202. The van der Waals surface area contributed by atoms with E-state index in [0.29, 0.717) is 6.61 Å². The van der Waals surface area contributed by atoms with E-state index in [9.17, 15) is 0 Å².